The quantitative estimate of drug-likeness (QED) is 0.555. The number of hydrogen-bond acceptors (Lipinski definition) is 3. The summed E-state index contributed by atoms with van der Waals surface area (Å²) in [5.74, 6) is 1.41. The third kappa shape index (κ3) is 4.08. The van der Waals surface area contributed by atoms with Crippen LogP contribution in [-0.2, 0) is 12.8 Å². The lowest BCUT2D eigenvalue weighted by Gasteiger charge is -2.26. The minimum absolute atomic E-state index is 0.430. The highest BCUT2D eigenvalue weighted by molar-refractivity contribution is 5.86. The van der Waals surface area contributed by atoms with Crippen LogP contribution in [0, 0.1) is 6.92 Å². The van der Waals surface area contributed by atoms with Gasteiger partial charge in [-0.15, -0.1) is 0 Å². The molecule has 4 heteroatoms. The van der Waals surface area contributed by atoms with Crippen LogP contribution in [0.3, 0.4) is 0 Å². The number of benzene rings is 1. The first kappa shape index (κ1) is 20.2. The first-order valence-electron chi connectivity index (χ1n) is 12.1. The number of alkyl halides is 1. The molecular formula is C26H35FN2O. The summed E-state index contributed by atoms with van der Waals surface area (Å²) in [5.41, 5.74) is 6.54. The Kier molecular flexibility index (Phi) is 5.95. The molecule has 1 saturated carbocycles. The van der Waals surface area contributed by atoms with Crippen molar-refractivity contribution in [3.8, 4) is 5.75 Å². The number of aryl methyl sites for hydroxylation is 2. The molecule has 5 rings (SSSR count). The Hall–Kier alpha value is -1.68. The number of ether oxygens (including phenoxy) is 1. The maximum absolute atomic E-state index is 13.7. The molecule has 2 aliphatic carbocycles. The Labute approximate surface area is 180 Å². The molecule has 0 N–H and O–H groups in total. The van der Waals surface area contributed by atoms with Crippen molar-refractivity contribution < 1.29 is 9.13 Å². The lowest BCUT2D eigenvalue weighted by molar-refractivity contribution is 0.233. The number of likely N-dealkylation sites (tertiary alicyclic amines) is 1. The predicted octanol–water partition coefficient (Wildman–Crippen LogP) is 5.89. The average molecular weight is 411 g/mol. The van der Waals surface area contributed by atoms with Gasteiger partial charge in [-0.05, 0) is 107 Å². The fraction of sp³-hybridized carbons (Fsp3) is 0.654. The number of fused-ring (bicyclic) bond motifs is 3. The van der Waals surface area contributed by atoms with Gasteiger partial charge in [0.25, 0.3) is 0 Å². The van der Waals surface area contributed by atoms with E-state index in [4.69, 9.17) is 9.72 Å². The Bertz CT molecular complexity index is 898. The van der Waals surface area contributed by atoms with E-state index in [1.54, 1.807) is 0 Å². The van der Waals surface area contributed by atoms with E-state index in [1.807, 2.05) is 0 Å². The van der Waals surface area contributed by atoms with Gasteiger partial charge in [-0.25, -0.2) is 4.39 Å². The van der Waals surface area contributed by atoms with Gasteiger partial charge >= 0.3 is 0 Å². The van der Waals surface area contributed by atoms with Gasteiger partial charge < -0.3 is 9.64 Å². The summed E-state index contributed by atoms with van der Waals surface area (Å²) >= 11 is 0. The highest BCUT2D eigenvalue weighted by Crippen LogP contribution is 2.41. The molecule has 0 bridgehead atoms. The topological polar surface area (TPSA) is 25.4 Å². The van der Waals surface area contributed by atoms with Crippen molar-refractivity contribution in [2.24, 2.45) is 0 Å². The highest BCUT2D eigenvalue weighted by Gasteiger charge is 2.28. The van der Waals surface area contributed by atoms with Crippen molar-refractivity contribution in [1.82, 2.24) is 9.88 Å². The Balaban J connectivity index is 1.37. The summed E-state index contributed by atoms with van der Waals surface area (Å²) in [6.07, 6.45) is 9.92. The molecule has 1 aliphatic heterocycles. The van der Waals surface area contributed by atoms with Crippen molar-refractivity contribution in [2.45, 2.75) is 83.2 Å². The van der Waals surface area contributed by atoms with Crippen molar-refractivity contribution >= 4 is 10.9 Å². The fourth-order valence-corrected chi connectivity index (χ4v) is 5.83. The van der Waals surface area contributed by atoms with Crippen LogP contribution in [0.4, 0.5) is 4.39 Å². The molecule has 1 aromatic heterocycles. The normalized spacial score (nSPS) is 24.5. The van der Waals surface area contributed by atoms with Gasteiger partial charge in [0, 0.05) is 29.6 Å². The lowest BCUT2D eigenvalue weighted by atomic mass is 9.83. The second kappa shape index (κ2) is 8.82. The molecule has 2 fully saturated rings. The average Bonchev–Trinajstić information content (AvgIpc) is 3.44. The van der Waals surface area contributed by atoms with Crippen LogP contribution in [0.1, 0.15) is 79.7 Å². The van der Waals surface area contributed by atoms with Crippen LogP contribution in [0.25, 0.3) is 10.9 Å². The minimum atomic E-state index is -0.613. The molecule has 3 aliphatic rings. The molecule has 2 heterocycles. The lowest BCUT2D eigenvalue weighted by Crippen LogP contribution is -2.22. The molecule has 162 valence electrons. The maximum atomic E-state index is 13.7. The van der Waals surface area contributed by atoms with Crippen LogP contribution in [0.5, 0.6) is 5.75 Å². The van der Waals surface area contributed by atoms with E-state index < -0.39 is 6.17 Å². The molecule has 0 unspecified atom stereocenters. The molecule has 0 radical (unpaired) electrons. The van der Waals surface area contributed by atoms with E-state index >= 15 is 0 Å². The molecule has 1 aromatic carbocycles. The van der Waals surface area contributed by atoms with Crippen molar-refractivity contribution in [3.05, 3.63) is 34.5 Å². The third-order valence-corrected chi connectivity index (χ3v) is 7.50. The number of hydrogen-bond donors (Lipinski definition) is 0. The maximum Gasteiger partial charge on any atom is 0.124 e. The highest BCUT2D eigenvalue weighted by atomic mass is 19.1. The van der Waals surface area contributed by atoms with E-state index in [0.717, 1.165) is 56.5 Å². The van der Waals surface area contributed by atoms with Crippen LogP contribution in [0.2, 0.25) is 0 Å². The van der Waals surface area contributed by atoms with E-state index in [1.165, 1.54) is 60.1 Å². The van der Waals surface area contributed by atoms with Gasteiger partial charge in [-0.3, -0.25) is 4.98 Å². The number of halogens is 1. The zero-order chi connectivity index (χ0) is 20.5. The molecule has 3 nitrogen and oxygen atoms in total. The van der Waals surface area contributed by atoms with Crippen LogP contribution >= 0.6 is 0 Å². The first-order valence-corrected chi connectivity index (χ1v) is 12.1. The smallest absolute Gasteiger partial charge is 0.124 e. The van der Waals surface area contributed by atoms with E-state index in [9.17, 15) is 4.39 Å². The van der Waals surface area contributed by atoms with Crippen molar-refractivity contribution in [2.75, 3.05) is 26.2 Å². The second-order valence-corrected chi connectivity index (χ2v) is 9.64. The zero-order valence-corrected chi connectivity index (χ0v) is 18.4. The minimum Gasteiger partial charge on any atom is -0.493 e. The SMILES string of the molecule is Cc1cc2c3c(c(C4CCC(F)CC4)nc2cc1OCCCN1CCCC1)CCC3. The summed E-state index contributed by atoms with van der Waals surface area (Å²) in [5, 5.41) is 1.31. The molecule has 2 aromatic rings. The van der Waals surface area contributed by atoms with Crippen molar-refractivity contribution in [3.63, 3.8) is 0 Å². The zero-order valence-electron chi connectivity index (χ0n) is 18.4. The standard InChI is InChI=1S/C26H35FN2O/c1-18-16-23-21-6-4-7-22(21)26(19-8-10-20(27)11-9-19)28-24(23)17-25(18)30-15-5-14-29-12-2-3-13-29/h16-17,19-20H,2-15H2,1H3. The van der Waals surface area contributed by atoms with Gasteiger partial charge in [0.1, 0.15) is 11.9 Å². The van der Waals surface area contributed by atoms with E-state index in [0.29, 0.717) is 18.8 Å². The molecule has 0 amide bonds. The van der Waals surface area contributed by atoms with Gasteiger partial charge in [0.05, 0.1) is 12.1 Å². The van der Waals surface area contributed by atoms with Gasteiger partial charge in [-0.1, -0.05) is 0 Å². The molecule has 0 spiro atoms. The van der Waals surface area contributed by atoms with Crippen LogP contribution in [0.15, 0.2) is 12.1 Å². The summed E-state index contributed by atoms with van der Waals surface area (Å²) in [7, 11) is 0. The fourth-order valence-electron chi connectivity index (χ4n) is 5.83. The molecule has 0 atom stereocenters. The van der Waals surface area contributed by atoms with Crippen molar-refractivity contribution in [1.29, 1.82) is 0 Å². The summed E-state index contributed by atoms with van der Waals surface area (Å²) in [4.78, 5) is 7.72. The van der Waals surface area contributed by atoms with Gasteiger partial charge in [-0.2, -0.15) is 0 Å². The Morgan fingerprint density at radius 1 is 1.03 bits per heavy atom. The van der Waals surface area contributed by atoms with Gasteiger partial charge in [0.2, 0.25) is 0 Å². The van der Waals surface area contributed by atoms with Crippen LogP contribution in [-0.4, -0.2) is 42.3 Å². The number of aromatic nitrogens is 1. The number of pyridine rings is 1. The molecule has 1 saturated heterocycles. The van der Waals surface area contributed by atoms with E-state index in [2.05, 4.69) is 24.0 Å². The second-order valence-electron chi connectivity index (χ2n) is 9.64. The van der Waals surface area contributed by atoms with E-state index in [-0.39, 0.29) is 0 Å². The Morgan fingerprint density at radius 3 is 2.60 bits per heavy atom. The van der Waals surface area contributed by atoms with Gasteiger partial charge in [0.15, 0.2) is 0 Å². The Morgan fingerprint density at radius 2 is 1.80 bits per heavy atom. The molecular weight excluding hydrogens is 375 g/mol. The molecule has 30 heavy (non-hydrogen) atoms. The monoisotopic (exact) mass is 410 g/mol. The number of rotatable bonds is 6. The number of nitrogens with zero attached hydrogens (tertiary/aromatic N) is 2. The largest absolute Gasteiger partial charge is 0.493 e. The predicted molar refractivity (Wildman–Crippen MR) is 120 cm³/mol. The summed E-state index contributed by atoms with van der Waals surface area (Å²) < 4.78 is 19.9. The summed E-state index contributed by atoms with van der Waals surface area (Å²) in [6.45, 7) is 6.56. The summed E-state index contributed by atoms with van der Waals surface area (Å²) in [6, 6.07) is 4.47. The van der Waals surface area contributed by atoms with Crippen LogP contribution < -0.4 is 4.74 Å². The first-order chi connectivity index (χ1) is 14.7. The third-order valence-electron chi connectivity index (χ3n) is 7.50.